The van der Waals surface area contributed by atoms with Crippen molar-refractivity contribution in [3.05, 3.63) is 35.4 Å². The van der Waals surface area contributed by atoms with Crippen molar-refractivity contribution >= 4 is 18.2 Å². The third kappa shape index (κ3) is 6.36. The first-order chi connectivity index (χ1) is 13.2. The molecule has 0 amide bonds. The fourth-order valence-corrected chi connectivity index (χ4v) is 2.70. The fourth-order valence-electron chi connectivity index (χ4n) is 2.70. The molecule has 1 aromatic rings. The Balaban J connectivity index is 2.81. The number of hydrogen-bond donors (Lipinski definition) is 4. The molecule has 0 aliphatic heterocycles. The van der Waals surface area contributed by atoms with Crippen LogP contribution in [0.1, 0.15) is 18.9 Å². The van der Waals surface area contributed by atoms with E-state index in [0.717, 1.165) is 7.11 Å². The summed E-state index contributed by atoms with van der Waals surface area (Å²) in [6, 6.07) is 4.17. The van der Waals surface area contributed by atoms with Crippen LogP contribution in [0.25, 0.3) is 0 Å². The Morgan fingerprint density at radius 3 is 2.36 bits per heavy atom. The molecule has 0 spiro atoms. The molecule has 28 heavy (non-hydrogen) atoms. The Morgan fingerprint density at radius 2 is 1.86 bits per heavy atom. The summed E-state index contributed by atoms with van der Waals surface area (Å²) in [5, 5.41) is 37.8. The molecule has 0 radical (unpaired) electrons. The van der Waals surface area contributed by atoms with Crippen LogP contribution in [-0.2, 0) is 30.3 Å². The number of allylic oxidation sites excluding steroid dienone is 2. The number of hydrogen-bond acceptors (Lipinski definition) is 9. The summed E-state index contributed by atoms with van der Waals surface area (Å²) < 4.78 is 9.62. The third-order valence-corrected chi connectivity index (χ3v) is 4.21. The van der Waals surface area contributed by atoms with Gasteiger partial charge in [0.25, 0.3) is 0 Å². The van der Waals surface area contributed by atoms with Crippen LogP contribution in [0.5, 0.6) is 11.5 Å². The molecule has 4 N–H and O–H groups in total. The first kappa shape index (κ1) is 23.1. The van der Waals surface area contributed by atoms with Crippen molar-refractivity contribution in [3.8, 4) is 11.5 Å². The number of carbonyl (C=O) groups excluding carboxylic acids is 3. The number of benzene rings is 1. The van der Waals surface area contributed by atoms with Crippen LogP contribution in [0.2, 0.25) is 0 Å². The number of phenolic OH excluding ortho intramolecular Hbond substituents is 2. The maximum Gasteiger partial charge on any atom is 0.314 e. The number of ether oxygens (including phenoxy) is 2. The highest BCUT2D eigenvalue weighted by atomic mass is 16.5. The van der Waals surface area contributed by atoms with Crippen LogP contribution in [-0.4, -0.2) is 58.7 Å². The number of rotatable bonds is 10. The summed E-state index contributed by atoms with van der Waals surface area (Å²) >= 11 is 0. The number of aldehydes is 1. The van der Waals surface area contributed by atoms with Gasteiger partial charge in [0, 0.05) is 12.3 Å². The smallest absolute Gasteiger partial charge is 0.314 e. The molecule has 0 heterocycles. The molecule has 0 saturated heterocycles. The topological polar surface area (TPSA) is 151 Å². The SMILES string of the molecule is C/C=C(/C=O)[C@H](CC(=O)OCCc1ccc(O)c(O)c1)C(C(=O)OC)C(O)O. The van der Waals surface area contributed by atoms with E-state index in [0.29, 0.717) is 11.8 Å². The van der Waals surface area contributed by atoms with Crippen molar-refractivity contribution < 1.29 is 44.3 Å². The van der Waals surface area contributed by atoms with Gasteiger partial charge in [-0.05, 0) is 30.2 Å². The van der Waals surface area contributed by atoms with E-state index in [1.807, 2.05) is 0 Å². The van der Waals surface area contributed by atoms with Crippen molar-refractivity contribution in [2.45, 2.75) is 26.1 Å². The maximum absolute atomic E-state index is 12.2. The minimum atomic E-state index is -2.14. The molecule has 2 atom stereocenters. The molecular formula is C19H24O9. The lowest BCUT2D eigenvalue weighted by molar-refractivity contribution is -0.167. The number of aliphatic hydroxyl groups excluding tert-OH is 1. The molecule has 0 bridgehead atoms. The van der Waals surface area contributed by atoms with Crippen LogP contribution in [0.15, 0.2) is 29.8 Å². The summed E-state index contributed by atoms with van der Waals surface area (Å²) in [6.45, 7) is 1.45. The van der Waals surface area contributed by atoms with E-state index in [2.05, 4.69) is 4.74 Å². The highest BCUT2D eigenvalue weighted by molar-refractivity contribution is 5.82. The number of aromatic hydroxyl groups is 2. The molecule has 0 aromatic heterocycles. The first-order valence-corrected chi connectivity index (χ1v) is 8.46. The number of aliphatic hydroxyl groups is 2. The second-order valence-electron chi connectivity index (χ2n) is 5.97. The van der Waals surface area contributed by atoms with Crippen LogP contribution in [0.3, 0.4) is 0 Å². The molecule has 0 fully saturated rings. The number of carbonyl (C=O) groups is 3. The molecular weight excluding hydrogens is 372 g/mol. The predicted molar refractivity (Wildman–Crippen MR) is 96.1 cm³/mol. The summed E-state index contributed by atoms with van der Waals surface area (Å²) in [6.07, 6.45) is -0.549. The number of methoxy groups -OCH3 is 1. The molecule has 9 heteroatoms. The maximum atomic E-state index is 12.2. The predicted octanol–water partition coefficient (Wildman–Crippen LogP) is 0.435. The Morgan fingerprint density at radius 1 is 1.18 bits per heavy atom. The average Bonchev–Trinajstić information content (AvgIpc) is 2.65. The monoisotopic (exact) mass is 396 g/mol. The molecule has 9 nitrogen and oxygen atoms in total. The zero-order chi connectivity index (χ0) is 21.3. The zero-order valence-corrected chi connectivity index (χ0v) is 15.6. The Kier molecular flexibility index (Phi) is 9.13. The standard InChI is InChI=1S/C19H24O9/c1-3-12(10-20)13(17(18(24)25)19(26)27-2)9-16(23)28-7-6-11-4-5-14(21)15(22)8-11/h3-5,8,10,13,17-18,21-22,24-25H,6-7,9H2,1-2H3/b12-3-/t13-,17?/m0/s1. The summed E-state index contributed by atoms with van der Waals surface area (Å²) in [7, 11) is 1.05. The van der Waals surface area contributed by atoms with Crippen molar-refractivity contribution in [1.29, 1.82) is 0 Å². The summed E-state index contributed by atoms with van der Waals surface area (Å²) in [5.41, 5.74) is 0.642. The van der Waals surface area contributed by atoms with E-state index in [4.69, 9.17) is 4.74 Å². The van der Waals surface area contributed by atoms with Gasteiger partial charge < -0.3 is 29.9 Å². The lowest BCUT2D eigenvalue weighted by Gasteiger charge is -2.26. The van der Waals surface area contributed by atoms with Gasteiger partial charge in [-0.15, -0.1) is 0 Å². The van der Waals surface area contributed by atoms with Crippen molar-refractivity contribution in [2.24, 2.45) is 11.8 Å². The lowest BCUT2D eigenvalue weighted by Crippen LogP contribution is -2.38. The molecule has 0 aliphatic rings. The van der Waals surface area contributed by atoms with E-state index in [9.17, 15) is 34.8 Å². The minimum Gasteiger partial charge on any atom is -0.504 e. The summed E-state index contributed by atoms with van der Waals surface area (Å²) in [5.74, 6) is -4.99. The lowest BCUT2D eigenvalue weighted by atomic mass is 9.83. The minimum absolute atomic E-state index is 0.0314. The van der Waals surface area contributed by atoms with E-state index in [-0.39, 0.29) is 30.1 Å². The number of phenols is 2. The second kappa shape index (κ2) is 11.1. The Bertz CT molecular complexity index is 724. The second-order valence-corrected chi connectivity index (χ2v) is 5.97. The molecule has 0 aliphatic carbocycles. The van der Waals surface area contributed by atoms with Gasteiger partial charge in [0.1, 0.15) is 12.2 Å². The van der Waals surface area contributed by atoms with Crippen LogP contribution in [0, 0.1) is 11.8 Å². The van der Waals surface area contributed by atoms with Gasteiger partial charge in [-0.1, -0.05) is 12.1 Å². The van der Waals surface area contributed by atoms with Crippen molar-refractivity contribution in [2.75, 3.05) is 13.7 Å². The van der Waals surface area contributed by atoms with E-state index in [1.54, 1.807) is 6.07 Å². The van der Waals surface area contributed by atoms with Crippen molar-refractivity contribution in [3.63, 3.8) is 0 Å². The van der Waals surface area contributed by atoms with Crippen LogP contribution >= 0.6 is 0 Å². The van der Waals surface area contributed by atoms with E-state index in [1.165, 1.54) is 25.1 Å². The van der Waals surface area contributed by atoms with E-state index >= 15 is 0 Å². The normalized spacial score (nSPS) is 13.7. The average molecular weight is 396 g/mol. The van der Waals surface area contributed by atoms with Gasteiger partial charge >= 0.3 is 11.9 Å². The van der Waals surface area contributed by atoms with Gasteiger partial charge in [0.05, 0.1) is 20.1 Å². The quantitative estimate of drug-likeness (QED) is 0.145. The molecule has 1 unspecified atom stereocenters. The van der Waals surface area contributed by atoms with Gasteiger partial charge in [0.2, 0.25) is 0 Å². The van der Waals surface area contributed by atoms with Crippen LogP contribution < -0.4 is 0 Å². The van der Waals surface area contributed by atoms with Gasteiger partial charge in [-0.3, -0.25) is 14.4 Å². The van der Waals surface area contributed by atoms with Crippen molar-refractivity contribution in [1.82, 2.24) is 0 Å². The van der Waals surface area contributed by atoms with Gasteiger partial charge in [0.15, 0.2) is 17.8 Å². The molecule has 0 saturated carbocycles. The Labute approximate surface area is 161 Å². The van der Waals surface area contributed by atoms with Gasteiger partial charge in [-0.25, -0.2) is 0 Å². The molecule has 1 rings (SSSR count). The first-order valence-electron chi connectivity index (χ1n) is 8.46. The third-order valence-electron chi connectivity index (χ3n) is 4.21. The molecule has 1 aromatic carbocycles. The Hall–Kier alpha value is -2.91. The highest BCUT2D eigenvalue weighted by Crippen LogP contribution is 2.28. The number of esters is 2. The summed E-state index contributed by atoms with van der Waals surface area (Å²) in [4.78, 5) is 35.3. The molecule has 154 valence electrons. The zero-order valence-electron chi connectivity index (χ0n) is 15.6. The largest absolute Gasteiger partial charge is 0.504 e. The van der Waals surface area contributed by atoms with E-state index < -0.39 is 36.5 Å². The highest BCUT2D eigenvalue weighted by Gasteiger charge is 2.38. The van der Waals surface area contributed by atoms with Crippen LogP contribution in [0.4, 0.5) is 0 Å². The van der Waals surface area contributed by atoms with Gasteiger partial charge in [-0.2, -0.15) is 0 Å². The fraction of sp³-hybridized carbons (Fsp3) is 0.421.